The minimum absolute atomic E-state index is 0.285. The normalized spacial score (nSPS) is 10.8. The number of anilines is 1. The number of nitrogens with one attached hydrogen (secondary N) is 1. The van der Waals surface area contributed by atoms with Crippen molar-refractivity contribution in [2.24, 2.45) is 0 Å². The summed E-state index contributed by atoms with van der Waals surface area (Å²) in [4.78, 5) is 0. The fourth-order valence-electron chi connectivity index (χ4n) is 1.45. The zero-order valence-corrected chi connectivity index (χ0v) is 11.6. The molecule has 2 N–H and O–H groups in total. The Balaban J connectivity index is 2.29. The Morgan fingerprint density at radius 2 is 1.88 bits per heavy atom. The summed E-state index contributed by atoms with van der Waals surface area (Å²) in [5.41, 5.74) is 2.55. The van der Waals surface area contributed by atoms with Gasteiger partial charge >= 0.3 is 0 Å². The van der Waals surface area contributed by atoms with E-state index in [0.29, 0.717) is 5.25 Å². The predicted molar refractivity (Wildman–Crippen MR) is 77.7 cm³/mol. The van der Waals surface area contributed by atoms with Crippen LogP contribution in [-0.4, -0.2) is 23.5 Å². The number of benzene rings is 1. The number of aliphatic hydroxyl groups is 1. The molecule has 0 fully saturated rings. The minimum Gasteiger partial charge on any atom is -0.396 e. The average Bonchev–Trinajstić information content (AvgIpc) is 2.33. The molecular weight excluding hydrogens is 230 g/mol. The molecule has 0 heterocycles. The van der Waals surface area contributed by atoms with Crippen LogP contribution in [0.2, 0.25) is 0 Å². The fourth-order valence-corrected chi connectivity index (χ4v) is 2.17. The molecule has 0 unspecified atom stereocenters. The molecule has 1 rings (SSSR count). The Bertz CT molecular complexity index is 298. The van der Waals surface area contributed by atoms with E-state index in [4.69, 9.17) is 5.11 Å². The highest BCUT2D eigenvalue weighted by molar-refractivity contribution is 7.99. The van der Waals surface area contributed by atoms with Crippen LogP contribution in [-0.2, 0) is 5.75 Å². The number of hydrogen-bond acceptors (Lipinski definition) is 3. The summed E-state index contributed by atoms with van der Waals surface area (Å²) < 4.78 is 0. The SMILES string of the molecule is CC(C)SCc1ccc(NCCCCO)cc1. The van der Waals surface area contributed by atoms with E-state index in [2.05, 4.69) is 43.4 Å². The van der Waals surface area contributed by atoms with Gasteiger partial charge in [0.15, 0.2) is 0 Å². The van der Waals surface area contributed by atoms with Gasteiger partial charge in [0.05, 0.1) is 0 Å². The molecule has 0 amide bonds. The predicted octanol–water partition coefficient (Wildman–Crippen LogP) is 3.51. The summed E-state index contributed by atoms with van der Waals surface area (Å²) >= 11 is 1.97. The summed E-state index contributed by atoms with van der Waals surface area (Å²) in [5, 5.41) is 12.7. The lowest BCUT2D eigenvalue weighted by atomic mass is 10.2. The van der Waals surface area contributed by atoms with Crippen LogP contribution in [0, 0.1) is 0 Å². The van der Waals surface area contributed by atoms with Crippen LogP contribution in [0.15, 0.2) is 24.3 Å². The third kappa shape index (κ3) is 6.59. The highest BCUT2D eigenvalue weighted by atomic mass is 32.2. The molecule has 1 aromatic carbocycles. The summed E-state index contributed by atoms with van der Waals surface area (Å²) in [5.74, 6) is 1.09. The van der Waals surface area contributed by atoms with Crippen molar-refractivity contribution >= 4 is 17.4 Å². The van der Waals surface area contributed by atoms with Gasteiger partial charge in [-0.05, 0) is 35.8 Å². The zero-order chi connectivity index (χ0) is 12.5. The molecule has 0 saturated heterocycles. The maximum atomic E-state index is 8.67. The Kier molecular flexibility index (Phi) is 7.13. The van der Waals surface area contributed by atoms with E-state index in [1.807, 2.05) is 11.8 Å². The molecule has 1 aromatic rings. The molecular formula is C14H23NOS. The highest BCUT2D eigenvalue weighted by Gasteiger charge is 1.97. The molecule has 0 aromatic heterocycles. The third-order valence-electron chi connectivity index (χ3n) is 2.45. The first kappa shape index (κ1) is 14.4. The third-order valence-corrected chi connectivity index (χ3v) is 3.62. The minimum atomic E-state index is 0.285. The van der Waals surface area contributed by atoms with Crippen molar-refractivity contribution in [3.8, 4) is 0 Å². The van der Waals surface area contributed by atoms with Crippen molar-refractivity contribution in [1.82, 2.24) is 0 Å². The second-order valence-electron chi connectivity index (χ2n) is 4.41. The lowest BCUT2D eigenvalue weighted by molar-refractivity contribution is 0.286. The van der Waals surface area contributed by atoms with Gasteiger partial charge in [-0.15, -0.1) is 0 Å². The van der Waals surface area contributed by atoms with Crippen molar-refractivity contribution in [1.29, 1.82) is 0 Å². The molecule has 0 aliphatic heterocycles. The standard InChI is InChI=1S/C14H23NOS/c1-12(2)17-11-13-5-7-14(8-6-13)15-9-3-4-10-16/h5-8,12,15-16H,3-4,9-11H2,1-2H3. The van der Waals surface area contributed by atoms with Gasteiger partial charge < -0.3 is 10.4 Å². The Labute approximate surface area is 109 Å². The number of thioether (sulfide) groups is 1. The summed E-state index contributed by atoms with van der Waals surface area (Å²) in [6.45, 7) is 5.66. The van der Waals surface area contributed by atoms with Gasteiger partial charge in [0.25, 0.3) is 0 Å². The van der Waals surface area contributed by atoms with Crippen LogP contribution in [0.25, 0.3) is 0 Å². The van der Waals surface area contributed by atoms with Crippen molar-refractivity contribution in [2.75, 3.05) is 18.5 Å². The Hall–Kier alpha value is -0.670. The maximum Gasteiger partial charge on any atom is 0.0431 e. The summed E-state index contributed by atoms with van der Waals surface area (Å²) in [6.07, 6.45) is 1.89. The highest BCUT2D eigenvalue weighted by Crippen LogP contribution is 2.18. The molecule has 0 atom stereocenters. The van der Waals surface area contributed by atoms with Gasteiger partial charge in [0.1, 0.15) is 0 Å². The van der Waals surface area contributed by atoms with Gasteiger partial charge in [-0.25, -0.2) is 0 Å². The van der Waals surface area contributed by atoms with Gasteiger partial charge in [-0.3, -0.25) is 0 Å². The van der Waals surface area contributed by atoms with Crippen LogP contribution in [0.5, 0.6) is 0 Å². The first-order valence-electron chi connectivity index (χ1n) is 6.27. The molecule has 0 spiro atoms. The second kappa shape index (κ2) is 8.43. The van der Waals surface area contributed by atoms with E-state index in [9.17, 15) is 0 Å². The molecule has 2 nitrogen and oxygen atoms in total. The number of hydrogen-bond donors (Lipinski definition) is 2. The molecule has 0 aliphatic carbocycles. The van der Waals surface area contributed by atoms with E-state index < -0.39 is 0 Å². The fraction of sp³-hybridized carbons (Fsp3) is 0.571. The van der Waals surface area contributed by atoms with Gasteiger partial charge in [0, 0.05) is 24.6 Å². The molecule has 0 saturated carbocycles. The van der Waals surface area contributed by atoms with Crippen molar-refractivity contribution in [3.05, 3.63) is 29.8 Å². The zero-order valence-electron chi connectivity index (χ0n) is 10.8. The lowest BCUT2D eigenvalue weighted by Gasteiger charge is -2.08. The number of aliphatic hydroxyl groups excluding tert-OH is 1. The van der Waals surface area contributed by atoms with Crippen LogP contribution in [0.3, 0.4) is 0 Å². The largest absolute Gasteiger partial charge is 0.396 e. The number of rotatable bonds is 8. The Morgan fingerprint density at radius 3 is 2.47 bits per heavy atom. The van der Waals surface area contributed by atoms with Gasteiger partial charge in [0.2, 0.25) is 0 Å². The lowest BCUT2D eigenvalue weighted by Crippen LogP contribution is -2.02. The number of unbranched alkanes of at least 4 members (excludes halogenated alkanes) is 1. The van der Waals surface area contributed by atoms with Crippen molar-refractivity contribution in [2.45, 2.75) is 37.7 Å². The van der Waals surface area contributed by atoms with Crippen molar-refractivity contribution in [3.63, 3.8) is 0 Å². The molecule has 0 aliphatic rings. The van der Waals surface area contributed by atoms with E-state index in [0.717, 1.165) is 25.1 Å². The van der Waals surface area contributed by atoms with E-state index in [-0.39, 0.29) is 6.61 Å². The first-order valence-corrected chi connectivity index (χ1v) is 7.32. The van der Waals surface area contributed by atoms with Crippen LogP contribution in [0.1, 0.15) is 32.3 Å². The monoisotopic (exact) mass is 253 g/mol. The van der Waals surface area contributed by atoms with Gasteiger partial charge in [-0.1, -0.05) is 26.0 Å². The quantitative estimate of drug-likeness (QED) is 0.695. The second-order valence-corrected chi connectivity index (χ2v) is 5.98. The van der Waals surface area contributed by atoms with E-state index in [1.54, 1.807) is 0 Å². The van der Waals surface area contributed by atoms with E-state index >= 15 is 0 Å². The Morgan fingerprint density at radius 1 is 1.18 bits per heavy atom. The topological polar surface area (TPSA) is 32.3 Å². The average molecular weight is 253 g/mol. The van der Waals surface area contributed by atoms with Crippen molar-refractivity contribution < 1.29 is 5.11 Å². The molecule has 0 bridgehead atoms. The van der Waals surface area contributed by atoms with Crippen LogP contribution in [0.4, 0.5) is 5.69 Å². The molecule has 17 heavy (non-hydrogen) atoms. The molecule has 0 radical (unpaired) electrons. The summed E-state index contributed by atoms with van der Waals surface area (Å²) in [7, 11) is 0. The van der Waals surface area contributed by atoms with Crippen LogP contribution >= 0.6 is 11.8 Å². The molecule has 3 heteroatoms. The van der Waals surface area contributed by atoms with Crippen LogP contribution < -0.4 is 5.32 Å². The van der Waals surface area contributed by atoms with E-state index in [1.165, 1.54) is 11.3 Å². The molecule has 96 valence electrons. The smallest absolute Gasteiger partial charge is 0.0431 e. The summed E-state index contributed by atoms with van der Waals surface area (Å²) in [6, 6.07) is 8.64. The maximum absolute atomic E-state index is 8.67. The first-order chi connectivity index (χ1) is 8.22. The van der Waals surface area contributed by atoms with Gasteiger partial charge in [-0.2, -0.15) is 11.8 Å².